The summed E-state index contributed by atoms with van der Waals surface area (Å²) in [6.07, 6.45) is 3.43. The summed E-state index contributed by atoms with van der Waals surface area (Å²) >= 11 is 1.81. The third-order valence-electron chi connectivity index (χ3n) is 5.91. The van der Waals surface area contributed by atoms with Crippen LogP contribution in [0.5, 0.6) is 0 Å². The molecule has 0 fully saturated rings. The van der Waals surface area contributed by atoms with E-state index in [1.54, 1.807) is 0 Å². The summed E-state index contributed by atoms with van der Waals surface area (Å²) < 4.78 is 0. The van der Waals surface area contributed by atoms with Crippen molar-refractivity contribution >= 4 is 34.0 Å². The van der Waals surface area contributed by atoms with Crippen molar-refractivity contribution in [2.75, 3.05) is 26.0 Å². The fourth-order valence-electron chi connectivity index (χ4n) is 4.22. The van der Waals surface area contributed by atoms with Crippen LogP contribution in [0.25, 0.3) is 21.3 Å². The molecular formula is C28H34N6OS. The van der Waals surface area contributed by atoms with Gasteiger partial charge in [0.15, 0.2) is 0 Å². The number of thiophene rings is 1. The van der Waals surface area contributed by atoms with Crippen LogP contribution in [0.4, 0.5) is 5.82 Å². The highest BCUT2D eigenvalue weighted by Gasteiger charge is 2.15. The van der Waals surface area contributed by atoms with E-state index in [0.717, 1.165) is 41.8 Å². The number of benzene rings is 1. The van der Waals surface area contributed by atoms with Crippen LogP contribution in [0.3, 0.4) is 0 Å². The zero-order chi connectivity index (χ0) is 25.7. The Morgan fingerprint density at radius 2 is 1.94 bits per heavy atom. The van der Waals surface area contributed by atoms with Gasteiger partial charge >= 0.3 is 0 Å². The Morgan fingerprint density at radius 1 is 1.14 bits per heavy atom. The quantitative estimate of drug-likeness (QED) is 0.284. The molecule has 0 aliphatic carbocycles. The number of nitrogens with zero attached hydrogens (tertiary/aromatic N) is 4. The lowest BCUT2D eigenvalue weighted by Gasteiger charge is -2.16. The highest BCUT2D eigenvalue weighted by atomic mass is 32.1. The molecule has 0 saturated heterocycles. The Bertz CT molecular complexity index is 1350. The lowest BCUT2D eigenvalue weighted by Crippen LogP contribution is -2.21. The zero-order valence-electron chi connectivity index (χ0n) is 21.6. The molecule has 36 heavy (non-hydrogen) atoms. The maximum absolute atomic E-state index is 11.1. The predicted molar refractivity (Wildman–Crippen MR) is 148 cm³/mol. The number of rotatable bonds is 10. The number of nitrogens with one attached hydrogen (secondary N) is 2. The van der Waals surface area contributed by atoms with E-state index in [1.165, 1.54) is 27.8 Å². The van der Waals surface area contributed by atoms with Crippen LogP contribution in [-0.2, 0) is 17.8 Å². The standard InChI is InChI=1S/C28H34N6OS/c1-18(26-12-13-27(36-26)23-11-7-6-9-21(23)17-34(4)5)31-28-24-15-22(10-8-14-29-20(3)35)30-16-25(24)32-19(2)33-28/h6-7,9,11-13,15-16,18H,8,10,14,17H2,1-5H3,(H,29,35)(H,31,32,33). The number of pyridine rings is 1. The van der Waals surface area contributed by atoms with Gasteiger partial charge in [-0.2, -0.15) is 0 Å². The molecule has 1 aromatic carbocycles. The molecule has 2 N–H and O–H groups in total. The number of hydrogen-bond donors (Lipinski definition) is 2. The maximum Gasteiger partial charge on any atom is 0.216 e. The average molecular weight is 503 g/mol. The summed E-state index contributed by atoms with van der Waals surface area (Å²) in [6, 6.07) is 15.2. The first kappa shape index (κ1) is 25.7. The molecule has 8 heteroatoms. The largest absolute Gasteiger partial charge is 0.362 e. The van der Waals surface area contributed by atoms with Crippen LogP contribution in [0, 0.1) is 6.92 Å². The minimum absolute atomic E-state index is 0.0104. The van der Waals surface area contributed by atoms with Crippen molar-refractivity contribution in [3.8, 4) is 10.4 Å². The molecule has 0 radical (unpaired) electrons. The Kier molecular flexibility index (Phi) is 8.28. The number of amides is 1. The highest BCUT2D eigenvalue weighted by Crippen LogP contribution is 2.35. The third-order valence-corrected chi connectivity index (χ3v) is 7.21. The molecule has 3 aromatic heterocycles. The first-order valence-corrected chi connectivity index (χ1v) is 13.1. The van der Waals surface area contributed by atoms with Gasteiger partial charge in [0.2, 0.25) is 5.91 Å². The lowest BCUT2D eigenvalue weighted by molar-refractivity contribution is -0.118. The van der Waals surface area contributed by atoms with E-state index in [0.29, 0.717) is 12.4 Å². The number of carbonyl (C=O) groups is 1. The summed E-state index contributed by atoms with van der Waals surface area (Å²) in [5.41, 5.74) is 4.40. The summed E-state index contributed by atoms with van der Waals surface area (Å²) in [4.78, 5) is 29.7. The Morgan fingerprint density at radius 3 is 2.72 bits per heavy atom. The molecule has 0 aliphatic rings. The van der Waals surface area contributed by atoms with Gasteiger partial charge in [0, 0.05) is 40.8 Å². The van der Waals surface area contributed by atoms with E-state index in [-0.39, 0.29) is 11.9 Å². The molecular weight excluding hydrogens is 468 g/mol. The van der Waals surface area contributed by atoms with E-state index in [1.807, 2.05) is 24.5 Å². The highest BCUT2D eigenvalue weighted by molar-refractivity contribution is 7.15. The van der Waals surface area contributed by atoms with Gasteiger partial charge in [0.25, 0.3) is 0 Å². The average Bonchev–Trinajstić information content (AvgIpc) is 3.32. The molecule has 3 heterocycles. The second kappa shape index (κ2) is 11.6. The number of aromatic nitrogens is 3. The van der Waals surface area contributed by atoms with Crippen LogP contribution in [0.15, 0.2) is 48.7 Å². The molecule has 1 amide bonds. The molecule has 188 valence electrons. The molecule has 0 spiro atoms. The number of fused-ring (bicyclic) bond motifs is 1. The van der Waals surface area contributed by atoms with Gasteiger partial charge in [0.05, 0.1) is 17.8 Å². The van der Waals surface area contributed by atoms with Gasteiger partial charge in [0.1, 0.15) is 11.6 Å². The van der Waals surface area contributed by atoms with Crippen LogP contribution >= 0.6 is 11.3 Å². The minimum Gasteiger partial charge on any atom is -0.362 e. The van der Waals surface area contributed by atoms with Crippen LogP contribution in [-0.4, -0.2) is 46.4 Å². The minimum atomic E-state index is -0.0104. The molecule has 0 saturated carbocycles. The summed E-state index contributed by atoms with van der Waals surface area (Å²) in [5, 5.41) is 7.43. The van der Waals surface area contributed by atoms with Gasteiger partial charge in [-0.15, -0.1) is 11.3 Å². The van der Waals surface area contributed by atoms with Crippen molar-refractivity contribution in [2.24, 2.45) is 0 Å². The predicted octanol–water partition coefficient (Wildman–Crippen LogP) is 5.37. The summed E-state index contributed by atoms with van der Waals surface area (Å²) in [7, 11) is 4.20. The van der Waals surface area contributed by atoms with Crippen molar-refractivity contribution in [3.05, 3.63) is 70.6 Å². The van der Waals surface area contributed by atoms with Gasteiger partial charge in [-0.1, -0.05) is 24.3 Å². The van der Waals surface area contributed by atoms with E-state index < -0.39 is 0 Å². The van der Waals surface area contributed by atoms with Gasteiger partial charge in [-0.05, 0) is 70.1 Å². The fraction of sp³-hybridized carbons (Fsp3) is 0.357. The van der Waals surface area contributed by atoms with Crippen molar-refractivity contribution in [1.82, 2.24) is 25.2 Å². The summed E-state index contributed by atoms with van der Waals surface area (Å²) in [6.45, 7) is 7.15. The van der Waals surface area contributed by atoms with Gasteiger partial charge < -0.3 is 15.5 Å². The molecule has 4 aromatic rings. The Balaban J connectivity index is 1.55. The van der Waals surface area contributed by atoms with E-state index in [4.69, 9.17) is 4.98 Å². The molecule has 7 nitrogen and oxygen atoms in total. The molecule has 1 unspecified atom stereocenters. The Hall–Kier alpha value is -3.36. The normalized spacial score (nSPS) is 12.2. The second-order valence-electron chi connectivity index (χ2n) is 9.36. The van der Waals surface area contributed by atoms with Gasteiger partial charge in [-0.25, -0.2) is 9.97 Å². The molecule has 0 aliphatic heterocycles. The number of aryl methyl sites for hydroxylation is 2. The fourth-order valence-corrected chi connectivity index (χ4v) is 5.29. The topological polar surface area (TPSA) is 83.0 Å². The first-order valence-electron chi connectivity index (χ1n) is 12.3. The van der Waals surface area contributed by atoms with E-state index in [2.05, 4.69) is 89.0 Å². The monoisotopic (exact) mass is 502 g/mol. The zero-order valence-corrected chi connectivity index (χ0v) is 22.4. The summed E-state index contributed by atoms with van der Waals surface area (Å²) in [5.74, 6) is 1.52. The van der Waals surface area contributed by atoms with E-state index >= 15 is 0 Å². The van der Waals surface area contributed by atoms with E-state index in [9.17, 15) is 4.79 Å². The number of hydrogen-bond acceptors (Lipinski definition) is 7. The molecule has 4 rings (SSSR count). The van der Waals surface area contributed by atoms with Crippen molar-refractivity contribution in [2.45, 2.75) is 46.2 Å². The first-order chi connectivity index (χ1) is 17.3. The van der Waals surface area contributed by atoms with Crippen molar-refractivity contribution in [1.29, 1.82) is 0 Å². The smallest absolute Gasteiger partial charge is 0.216 e. The molecule has 1 atom stereocenters. The number of anilines is 1. The molecule has 0 bridgehead atoms. The van der Waals surface area contributed by atoms with Crippen LogP contribution in [0.1, 0.15) is 48.3 Å². The maximum atomic E-state index is 11.1. The third kappa shape index (κ3) is 6.44. The number of carbonyl (C=O) groups excluding carboxylic acids is 1. The second-order valence-corrected chi connectivity index (χ2v) is 10.5. The lowest BCUT2D eigenvalue weighted by atomic mass is 10.1. The Labute approximate surface area is 217 Å². The van der Waals surface area contributed by atoms with Crippen LogP contribution < -0.4 is 10.6 Å². The van der Waals surface area contributed by atoms with Crippen LogP contribution in [0.2, 0.25) is 0 Å². The van der Waals surface area contributed by atoms with Gasteiger partial charge in [-0.3, -0.25) is 9.78 Å². The van der Waals surface area contributed by atoms with Crippen molar-refractivity contribution < 1.29 is 4.79 Å². The van der Waals surface area contributed by atoms with Crippen molar-refractivity contribution in [3.63, 3.8) is 0 Å². The SMILES string of the molecule is CC(=O)NCCCc1cc2c(NC(C)c3ccc(-c4ccccc4CN(C)C)s3)nc(C)nc2cn1.